The molecule has 2 rings (SSSR count). The van der Waals surface area contributed by atoms with E-state index in [-0.39, 0.29) is 0 Å². The Bertz CT molecular complexity index is 235. The fraction of sp³-hybridized carbons (Fsp3) is 0.556. The average Bonchev–Trinajstić information content (AvgIpc) is 2.65. The van der Waals surface area contributed by atoms with E-state index in [0.717, 1.165) is 12.2 Å². The van der Waals surface area contributed by atoms with Gasteiger partial charge in [0.05, 0.1) is 12.5 Å². The standard InChI is InChI=1S/C9H13NOS/c10-9-6-12-5-8(9)3-7-1-2-11-4-7/h1-2,4,8-9H,3,5-6,10H2. The summed E-state index contributed by atoms with van der Waals surface area (Å²) in [7, 11) is 0. The van der Waals surface area contributed by atoms with Gasteiger partial charge in [0.1, 0.15) is 0 Å². The summed E-state index contributed by atoms with van der Waals surface area (Å²) in [5, 5.41) is 0. The molecule has 12 heavy (non-hydrogen) atoms. The molecule has 1 aliphatic rings. The smallest absolute Gasteiger partial charge is 0.0934 e. The summed E-state index contributed by atoms with van der Waals surface area (Å²) in [6.07, 6.45) is 4.61. The lowest BCUT2D eigenvalue weighted by Crippen LogP contribution is -2.29. The van der Waals surface area contributed by atoms with Gasteiger partial charge in [0.25, 0.3) is 0 Å². The van der Waals surface area contributed by atoms with Gasteiger partial charge in [-0.05, 0) is 29.7 Å². The second kappa shape index (κ2) is 3.54. The van der Waals surface area contributed by atoms with E-state index in [9.17, 15) is 0 Å². The molecule has 66 valence electrons. The fourth-order valence-corrected chi connectivity index (χ4v) is 2.89. The van der Waals surface area contributed by atoms with Crippen LogP contribution in [0.1, 0.15) is 5.56 Å². The van der Waals surface area contributed by atoms with Crippen LogP contribution in [0.2, 0.25) is 0 Å². The van der Waals surface area contributed by atoms with Crippen LogP contribution in [0.4, 0.5) is 0 Å². The molecule has 2 nitrogen and oxygen atoms in total. The number of hydrogen-bond donors (Lipinski definition) is 1. The van der Waals surface area contributed by atoms with Gasteiger partial charge in [-0.1, -0.05) is 0 Å². The molecule has 0 aliphatic carbocycles. The first-order chi connectivity index (χ1) is 5.86. The highest BCUT2D eigenvalue weighted by Crippen LogP contribution is 2.25. The van der Waals surface area contributed by atoms with Crippen molar-refractivity contribution in [3.05, 3.63) is 24.2 Å². The highest BCUT2D eigenvalue weighted by molar-refractivity contribution is 7.99. The van der Waals surface area contributed by atoms with Crippen molar-refractivity contribution in [2.45, 2.75) is 12.5 Å². The molecule has 0 bridgehead atoms. The summed E-state index contributed by atoms with van der Waals surface area (Å²) < 4.78 is 5.01. The molecule has 2 heterocycles. The lowest BCUT2D eigenvalue weighted by atomic mass is 9.97. The molecule has 1 aromatic rings. The Morgan fingerprint density at radius 2 is 2.50 bits per heavy atom. The van der Waals surface area contributed by atoms with E-state index in [2.05, 4.69) is 0 Å². The monoisotopic (exact) mass is 183 g/mol. The van der Waals surface area contributed by atoms with Crippen molar-refractivity contribution in [3.63, 3.8) is 0 Å². The molecule has 3 heteroatoms. The maximum absolute atomic E-state index is 5.94. The molecule has 2 atom stereocenters. The van der Waals surface area contributed by atoms with E-state index in [1.165, 1.54) is 11.3 Å². The lowest BCUT2D eigenvalue weighted by molar-refractivity contribution is 0.507. The molecule has 0 spiro atoms. The Morgan fingerprint density at radius 3 is 3.08 bits per heavy atom. The molecule has 1 fully saturated rings. The minimum atomic E-state index is 0.380. The van der Waals surface area contributed by atoms with Gasteiger partial charge >= 0.3 is 0 Å². The highest BCUT2D eigenvalue weighted by Gasteiger charge is 2.24. The van der Waals surface area contributed by atoms with Crippen LogP contribution in [0.25, 0.3) is 0 Å². The molecule has 2 N–H and O–H groups in total. The van der Waals surface area contributed by atoms with Crippen LogP contribution in [-0.4, -0.2) is 17.5 Å². The van der Waals surface area contributed by atoms with Crippen molar-refractivity contribution in [3.8, 4) is 0 Å². The zero-order valence-electron chi connectivity index (χ0n) is 6.90. The predicted molar refractivity (Wildman–Crippen MR) is 51.2 cm³/mol. The maximum atomic E-state index is 5.94. The number of rotatable bonds is 2. The van der Waals surface area contributed by atoms with Gasteiger partial charge in [-0.15, -0.1) is 0 Å². The number of hydrogen-bond acceptors (Lipinski definition) is 3. The van der Waals surface area contributed by atoms with Gasteiger partial charge < -0.3 is 10.2 Å². The molecule has 0 amide bonds. The van der Waals surface area contributed by atoms with Gasteiger partial charge in [0.2, 0.25) is 0 Å². The summed E-state index contributed by atoms with van der Waals surface area (Å²) >= 11 is 1.96. The summed E-state index contributed by atoms with van der Waals surface area (Å²) in [6.45, 7) is 0. The third-order valence-corrected chi connectivity index (χ3v) is 3.61. The van der Waals surface area contributed by atoms with Crippen LogP contribution in [0.3, 0.4) is 0 Å². The van der Waals surface area contributed by atoms with Gasteiger partial charge in [-0.2, -0.15) is 11.8 Å². The SMILES string of the molecule is NC1CSCC1Cc1ccoc1. The van der Waals surface area contributed by atoms with Gasteiger partial charge in [0, 0.05) is 11.8 Å². The van der Waals surface area contributed by atoms with Crippen LogP contribution in [0, 0.1) is 5.92 Å². The molecule has 0 aromatic carbocycles. The zero-order valence-corrected chi connectivity index (χ0v) is 7.72. The first kappa shape index (κ1) is 8.20. The Kier molecular flexibility index (Phi) is 2.42. The molecule has 1 aromatic heterocycles. The molecule has 2 unspecified atom stereocenters. The van der Waals surface area contributed by atoms with E-state index in [1.807, 2.05) is 24.1 Å². The minimum Gasteiger partial charge on any atom is -0.472 e. The van der Waals surface area contributed by atoms with Crippen molar-refractivity contribution >= 4 is 11.8 Å². The lowest BCUT2D eigenvalue weighted by Gasteiger charge is -2.11. The van der Waals surface area contributed by atoms with E-state index in [4.69, 9.17) is 10.2 Å². The Labute approximate surface area is 76.5 Å². The third-order valence-electron chi connectivity index (χ3n) is 2.33. The zero-order chi connectivity index (χ0) is 8.39. The summed E-state index contributed by atoms with van der Waals surface area (Å²) in [5.41, 5.74) is 7.22. The van der Waals surface area contributed by atoms with Crippen LogP contribution < -0.4 is 5.73 Å². The topological polar surface area (TPSA) is 39.2 Å². The quantitative estimate of drug-likeness (QED) is 0.755. The molecular formula is C9H13NOS. The second-order valence-corrected chi connectivity index (χ2v) is 4.37. The van der Waals surface area contributed by atoms with Gasteiger partial charge in [-0.3, -0.25) is 0 Å². The maximum Gasteiger partial charge on any atom is 0.0934 e. The number of furan rings is 1. The van der Waals surface area contributed by atoms with E-state index in [1.54, 1.807) is 6.26 Å². The largest absolute Gasteiger partial charge is 0.472 e. The normalized spacial score (nSPS) is 29.4. The van der Waals surface area contributed by atoms with E-state index >= 15 is 0 Å². The van der Waals surface area contributed by atoms with Crippen molar-refractivity contribution in [2.24, 2.45) is 11.7 Å². The molecule has 1 aliphatic heterocycles. The van der Waals surface area contributed by atoms with Gasteiger partial charge in [0.15, 0.2) is 0 Å². The third kappa shape index (κ3) is 1.67. The Balaban J connectivity index is 1.95. The fourth-order valence-electron chi connectivity index (χ4n) is 1.54. The van der Waals surface area contributed by atoms with Crippen molar-refractivity contribution in [1.29, 1.82) is 0 Å². The summed E-state index contributed by atoms with van der Waals surface area (Å²) in [4.78, 5) is 0. The number of nitrogens with two attached hydrogens (primary N) is 1. The van der Waals surface area contributed by atoms with Crippen molar-refractivity contribution < 1.29 is 4.42 Å². The Hall–Kier alpha value is -0.410. The number of thioether (sulfide) groups is 1. The van der Waals surface area contributed by atoms with Crippen molar-refractivity contribution in [1.82, 2.24) is 0 Å². The van der Waals surface area contributed by atoms with Crippen LogP contribution >= 0.6 is 11.8 Å². The first-order valence-corrected chi connectivity index (χ1v) is 5.36. The molecule has 0 radical (unpaired) electrons. The molecule has 0 saturated carbocycles. The molecule has 1 saturated heterocycles. The van der Waals surface area contributed by atoms with Gasteiger partial charge in [-0.25, -0.2) is 0 Å². The second-order valence-electron chi connectivity index (χ2n) is 3.30. The van der Waals surface area contributed by atoms with Crippen LogP contribution in [-0.2, 0) is 6.42 Å². The van der Waals surface area contributed by atoms with Crippen LogP contribution in [0.5, 0.6) is 0 Å². The van der Waals surface area contributed by atoms with E-state index in [0.29, 0.717) is 12.0 Å². The first-order valence-electron chi connectivity index (χ1n) is 4.20. The van der Waals surface area contributed by atoms with Crippen LogP contribution in [0.15, 0.2) is 23.0 Å². The Morgan fingerprint density at radius 1 is 1.58 bits per heavy atom. The van der Waals surface area contributed by atoms with Crippen molar-refractivity contribution in [2.75, 3.05) is 11.5 Å². The molecular weight excluding hydrogens is 170 g/mol. The minimum absolute atomic E-state index is 0.380. The predicted octanol–water partition coefficient (Wildman–Crippen LogP) is 1.51. The highest BCUT2D eigenvalue weighted by atomic mass is 32.2. The average molecular weight is 183 g/mol. The van der Waals surface area contributed by atoms with E-state index < -0.39 is 0 Å². The summed E-state index contributed by atoms with van der Waals surface area (Å²) in [5.74, 6) is 2.96. The summed E-state index contributed by atoms with van der Waals surface area (Å²) in [6, 6.07) is 2.40.